The van der Waals surface area contributed by atoms with Crippen molar-refractivity contribution in [3.05, 3.63) is 23.8 Å². The molecule has 4 heteroatoms. The first-order valence-electron chi connectivity index (χ1n) is 6.61. The van der Waals surface area contributed by atoms with E-state index < -0.39 is 0 Å². The lowest BCUT2D eigenvalue weighted by Gasteiger charge is -2.32. The first-order valence-corrected chi connectivity index (χ1v) is 6.61. The van der Waals surface area contributed by atoms with E-state index in [1.54, 1.807) is 0 Å². The van der Waals surface area contributed by atoms with Gasteiger partial charge in [-0.25, -0.2) is 0 Å². The van der Waals surface area contributed by atoms with E-state index in [1.807, 2.05) is 25.1 Å². The van der Waals surface area contributed by atoms with Crippen LogP contribution in [0.25, 0.3) is 0 Å². The van der Waals surface area contributed by atoms with E-state index in [9.17, 15) is 0 Å². The summed E-state index contributed by atoms with van der Waals surface area (Å²) in [7, 11) is 2.17. The van der Waals surface area contributed by atoms with Crippen LogP contribution in [-0.2, 0) is 6.54 Å². The van der Waals surface area contributed by atoms with Crippen molar-refractivity contribution in [1.29, 1.82) is 0 Å². The Morgan fingerprint density at radius 2 is 1.94 bits per heavy atom. The topological polar surface area (TPSA) is 41.7 Å². The van der Waals surface area contributed by atoms with Crippen molar-refractivity contribution < 1.29 is 4.74 Å². The van der Waals surface area contributed by atoms with Crippen molar-refractivity contribution in [2.45, 2.75) is 13.5 Å². The van der Waals surface area contributed by atoms with Gasteiger partial charge in [-0.1, -0.05) is 0 Å². The summed E-state index contributed by atoms with van der Waals surface area (Å²) in [5, 5.41) is 0. The van der Waals surface area contributed by atoms with Crippen LogP contribution >= 0.6 is 0 Å². The number of benzene rings is 1. The first-order chi connectivity index (χ1) is 8.69. The fourth-order valence-corrected chi connectivity index (χ4v) is 2.27. The zero-order chi connectivity index (χ0) is 13.0. The number of rotatable bonds is 4. The minimum atomic E-state index is 0.694. The number of anilines is 1. The number of hydrogen-bond donors (Lipinski definition) is 1. The average molecular weight is 249 g/mol. The molecule has 1 fully saturated rings. The number of nitrogen functional groups attached to an aromatic ring is 1. The second kappa shape index (κ2) is 6.07. The molecule has 1 aromatic rings. The third-order valence-electron chi connectivity index (χ3n) is 3.37. The van der Waals surface area contributed by atoms with E-state index in [4.69, 9.17) is 10.5 Å². The molecule has 2 rings (SSSR count). The summed E-state index contributed by atoms with van der Waals surface area (Å²) in [5.41, 5.74) is 7.87. The Balaban J connectivity index is 2.05. The summed E-state index contributed by atoms with van der Waals surface area (Å²) in [6.07, 6.45) is 0. The monoisotopic (exact) mass is 249 g/mol. The van der Waals surface area contributed by atoms with Crippen LogP contribution in [0.5, 0.6) is 5.75 Å². The zero-order valence-corrected chi connectivity index (χ0v) is 11.4. The van der Waals surface area contributed by atoms with Gasteiger partial charge in [0.1, 0.15) is 5.75 Å². The summed E-state index contributed by atoms with van der Waals surface area (Å²) < 4.78 is 5.66. The molecule has 2 N–H and O–H groups in total. The molecule has 1 heterocycles. The molecule has 0 unspecified atom stereocenters. The third kappa shape index (κ3) is 3.37. The molecule has 0 amide bonds. The molecule has 0 bridgehead atoms. The Labute approximate surface area is 109 Å². The summed E-state index contributed by atoms with van der Waals surface area (Å²) >= 11 is 0. The Bertz CT molecular complexity index is 387. The van der Waals surface area contributed by atoms with Crippen LogP contribution < -0.4 is 10.5 Å². The van der Waals surface area contributed by atoms with Gasteiger partial charge in [-0.3, -0.25) is 4.90 Å². The van der Waals surface area contributed by atoms with Crippen LogP contribution in [-0.4, -0.2) is 49.6 Å². The van der Waals surface area contributed by atoms with Gasteiger partial charge in [-0.15, -0.1) is 0 Å². The zero-order valence-electron chi connectivity index (χ0n) is 11.4. The van der Waals surface area contributed by atoms with Crippen LogP contribution in [0, 0.1) is 0 Å². The van der Waals surface area contributed by atoms with Gasteiger partial charge in [0, 0.05) is 44.0 Å². The highest BCUT2D eigenvalue weighted by atomic mass is 16.5. The molecular weight excluding hydrogens is 226 g/mol. The maximum Gasteiger partial charge on any atom is 0.123 e. The molecule has 0 aromatic heterocycles. The highest BCUT2D eigenvalue weighted by Crippen LogP contribution is 2.23. The lowest BCUT2D eigenvalue weighted by atomic mass is 10.1. The molecule has 1 aliphatic heterocycles. The largest absolute Gasteiger partial charge is 0.494 e. The van der Waals surface area contributed by atoms with Gasteiger partial charge in [-0.2, -0.15) is 0 Å². The van der Waals surface area contributed by atoms with E-state index in [1.165, 1.54) is 5.56 Å². The van der Waals surface area contributed by atoms with Gasteiger partial charge in [0.25, 0.3) is 0 Å². The fourth-order valence-electron chi connectivity index (χ4n) is 2.27. The Hall–Kier alpha value is -1.26. The average Bonchev–Trinajstić information content (AvgIpc) is 2.36. The van der Waals surface area contributed by atoms with Crippen molar-refractivity contribution in [3.8, 4) is 5.75 Å². The number of nitrogens with zero attached hydrogens (tertiary/aromatic N) is 2. The van der Waals surface area contributed by atoms with E-state index in [0.29, 0.717) is 6.61 Å². The van der Waals surface area contributed by atoms with Crippen LogP contribution in [0.15, 0.2) is 18.2 Å². The maximum atomic E-state index is 5.87. The Morgan fingerprint density at radius 3 is 2.61 bits per heavy atom. The number of hydrogen-bond acceptors (Lipinski definition) is 4. The van der Waals surface area contributed by atoms with E-state index in [-0.39, 0.29) is 0 Å². The smallest absolute Gasteiger partial charge is 0.123 e. The van der Waals surface area contributed by atoms with E-state index >= 15 is 0 Å². The van der Waals surface area contributed by atoms with Gasteiger partial charge < -0.3 is 15.4 Å². The number of nitrogens with two attached hydrogens (primary N) is 1. The van der Waals surface area contributed by atoms with Crippen LogP contribution in [0.1, 0.15) is 12.5 Å². The van der Waals surface area contributed by atoms with Gasteiger partial charge in [0.05, 0.1) is 6.61 Å². The third-order valence-corrected chi connectivity index (χ3v) is 3.37. The molecule has 0 radical (unpaired) electrons. The molecule has 1 aromatic carbocycles. The normalized spacial score (nSPS) is 17.9. The fraction of sp³-hybridized carbons (Fsp3) is 0.571. The lowest BCUT2D eigenvalue weighted by molar-refractivity contribution is 0.147. The van der Waals surface area contributed by atoms with Gasteiger partial charge in [-0.05, 0) is 32.2 Å². The minimum Gasteiger partial charge on any atom is -0.494 e. The van der Waals surface area contributed by atoms with Crippen LogP contribution in [0.4, 0.5) is 5.69 Å². The second-order valence-electron chi connectivity index (χ2n) is 4.88. The molecule has 1 aliphatic rings. The SMILES string of the molecule is CCOc1ccc(N)cc1CN1CCN(C)CC1. The molecule has 1 saturated heterocycles. The maximum absolute atomic E-state index is 5.87. The van der Waals surface area contributed by atoms with Crippen molar-refractivity contribution >= 4 is 5.69 Å². The highest BCUT2D eigenvalue weighted by molar-refractivity contribution is 5.47. The molecule has 0 atom stereocenters. The van der Waals surface area contributed by atoms with E-state index in [2.05, 4.69) is 16.8 Å². The standard InChI is InChI=1S/C14H23N3O/c1-3-18-14-5-4-13(15)10-12(14)11-17-8-6-16(2)7-9-17/h4-5,10H,3,6-9,11,15H2,1-2H3. The Kier molecular flexibility index (Phi) is 4.44. The van der Waals surface area contributed by atoms with Crippen LogP contribution in [0.3, 0.4) is 0 Å². The molecular formula is C14H23N3O. The summed E-state index contributed by atoms with van der Waals surface area (Å²) in [5.74, 6) is 0.964. The summed E-state index contributed by atoms with van der Waals surface area (Å²) in [6.45, 7) is 8.11. The van der Waals surface area contributed by atoms with Crippen molar-refractivity contribution in [2.75, 3.05) is 45.6 Å². The quantitative estimate of drug-likeness (QED) is 0.819. The van der Waals surface area contributed by atoms with Crippen molar-refractivity contribution in [1.82, 2.24) is 9.80 Å². The van der Waals surface area contributed by atoms with Gasteiger partial charge in [0.2, 0.25) is 0 Å². The van der Waals surface area contributed by atoms with Gasteiger partial charge in [0.15, 0.2) is 0 Å². The highest BCUT2D eigenvalue weighted by Gasteiger charge is 2.15. The first kappa shape index (κ1) is 13.2. The van der Waals surface area contributed by atoms with E-state index in [0.717, 1.165) is 44.2 Å². The van der Waals surface area contributed by atoms with Crippen molar-refractivity contribution in [2.24, 2.45) is 0 Å². The molecule has 18 heavy (non-hydrogen) atoms. The molecule has 0 saturated carbocycles. The van der Waals surface area contributed by atoms with Crippen molar-refractivity contribution in [3.63, 3.8) is 0 Å². The predicted octanol–water partition coefficient (Wildman–Crippen LogP) is 1.41. The number of ether oxygens (including phenoxy) is 1. The number of likely N-dealkylation sites (N-methyl/N-ethyl adjacent to an activating group) is 1. The minimum absolute atomic E-state index is 0.694. The molecule has 0 spiro atoms. The summed E-state index contributed by atoms with van der Waals surface area (Å²) in [4.78, 5) is 4.82. The number of piperazine rings is 1. The molecule has 0 aliphatic carbocycles. The predicted molar refractivity (Wildman–Crippen MR) is 74.8 cm³/mol. The van der Waals surface area contributed by atoms with Crippen LogP contribution in [0.2, 0.25) is 0 Å². The van der Waals surface area contributed by atoms with Gasteiger partial charge >= 0.3 is 0 Å². The lowest BCUT2D eigenvalue weighted by Crippen LogP contribution is -2.43. The Morgan fingerprint density at radius 1 is 1.22 bits per heavy atom. The summed E-state index contributed by atoms with van der Waals surface area (Å²) in [6, 6.07) is 5.91. The second-order valence-corrected chi connectivity index (χ2v) is 4.88. The molecule has 100 valence electrons. The molecule has 4 nitrogen and oxygen atoms in total.